The van der Waals surface area contributed by atoms with Crippen molar-refractivity contribution in [1.29, 1.82) is 0 Å². The summed E-state index contributed by atoms with van der Waals surface area (Å²) >= 11 is 0. The van der Waals surface area contributed by atoms with Gasteiger partial charge in [-0.25, -0.2) is 12.7 Å². The highest BCUT2D eigenvalue weighted by molar-refractivity contribution is 7.88. The van der Waals surface area contributed by atoms with Crippen LogP contribution in [-0.4, -0.2) is 50.5 Å². The molecule has 2 amide bonds. The van der Waals surface area contributed by atoms with Gasteiger partial charge in [-0.3, -0.25) is 20.4 Å². The molecule has 0 atom stereocenters. The average molecular weight is 369 g/mol. The number of hydrogen-bond acceptors (Lipinski definition) is 5. The van der Waals surface area contributed by atoms with E-state index in [-0.39, 0.29) is 18.4 Å². The van der Waals surface area contributed by atoms with Crippen molar-refractivity contribution in [2.24, 2.45) is 5.92 Å². The van der Waals surface area contributed by atoms with Crippen LogP contribution in [0.1, 0.15) is 18.4 Å². The van der Waals surface area contributed by atoms with Crippen molar-refractivity contribution in [3.8, 4) is 5.75 Å². The van der Waals surface area contributed by atoms with Crippen LogP contribution in [0.15, 0.2) is 24.3 Å². The van der Waals surface area contributed by atoms with E-state index in [9.17, 15) is 18.0 Å². The normalized spacial score (nSPS) is 16.2. The molecule has 0 bridgehead atoms. The molecule has 0 spiro atoms. The molecule has 1 aliphatic heterocycles. The average Bonchev–Trinajstić information content (AvgIpc) is 2.57. The second-order valence-electron chi connectivity index (χ2n) is 6.08. The van der Waals surface area contributed by atoms with Gasteiger partial charge in [-0.1, -0.05) is 12.1 Å². The maximum Gasteiger partial charge on any atom is 0.276 e. The molecule has 138 valence electrons. The lowest BCUT2D eigenvalue weighted by Crippen LogP contribution is -2.49. The van der Waals surface area contributed by atoms with Gasteiger partial charge in [0.15, 0.2) is 6.61 Å². The molecule has 0 unspecified atom stereocenters. The molecule has 1 saturated heterocycles. The van der Waals surface area contributed by atoms with Crippen LogP contribution in [0.3, 0.4) is 0 Å². The first kappa shape index (κ1) is 19.2. The fourth-order valence-corrected chi connectivity index (χ4v) is 3.45. The van der Waals surface area contributed by atoms with Crippen molar-refractivity contribution < 1.29 is 22.7 Å². The third-order valence-electron chi connectivity index (χ3n) is 3.98. The summed E-state index contributed by atoms with van der Waals surface area (Å²) in [6, 6.07) is 7.30. The Kier molecular flexibility index (Phi) is 6.38. The first-order chi connectivity index (χ1) is 11.8. The number of nitrogens with zero attached hydrogens (tertiary/aromatic N) is 1. The Morgan fingerprint density at radius 3 is 2.52 bits per heavy atom. The molecule has 9 heteroatoms. The number of rotatable bonds is 5. The molecule has 25 heavy (non-hydrogen) atoms. The lowest BCUT2D eigenvalue weighted by Gasteiger charge is -2.29. The minimum atomic E-state index is -3.22. The Morgan fingerprint density at radius 2 is 1.92 bits per heavy atom. The molecule has 8 nitrogen and oxygen atoms in total. The lowest BCUT2D eigenvalue weighted by atomic mass is 9.98. The molecule has 1 aromatic carbocycles. The number of benzene rings is 1. The standard InChI is InChI=1S/C16H23N3O5S/c1-12-4-3-5-14(10-12)24-11-15(20)17-18-16(21)13-6-8-19(9-7-13)25(2,22)23/h3-5,10,13H,6-9,11H2,1-2H3,(H,17,20)(H,18,21). The molecule has 1 aliphatic rings. The van der Waals surface area contributed by atoms with Crippen LogP contribution in [0.2, 0.25) is 0 Å². The quantitative estimate of drug-likeness (QED) is 0.721. The number of nitrogens with one attached hydrogen (secondary N) is 2. The lowest BCUT2D eigenvalue weighted by molar-refractivity contribution is -0.132. The molecule has 1 aromatic rings. The van der Waals surface area contributed by atoms with E-state index in [1.54, 1.807) is 12.1 Å². The predicted molar refractivity (Wildman–Crippen MR) is 92.1 cm³/mol. The van der Waals surface area contributed by atoms with Gasteiger partial charge < -0.3 is 4.74 Å². The van der Waals surface area contributed by atoms with E-state index < -0.39 is 15.9 Å². The summed E-state index contributed by atoms with van der Waals surface area (Å²) in [5.74, 6) is -0.536. The van der Waals surface area contributed by atoms with Gasteiger partial charge in [0.05, 0.1) is 6.26 Å². The van der Waals surface area contributed by atoms with Crippen molar-refractivity contribution in [2.75, 3.05) is 26.0 Å². The second-order valence-corrected chi connectivity index (χ2v) is 8.06. The zero-order chi connectivity index (χ0) is 18.4. The Bertz CT molecular complexity index is 727. The van der Waals surface area contributed by atoms with Gasteiger partial charge in [0.2, 0.25) is 15.9 Å². The van der Waals surface area contributed by atoms with Crippen LogP contribution in [-0.2, 0) is 19.6 Å². The zero-order valence-corrected chi connectivity index (χ0v) is 15.1. The predicted octanol–water partition coefficient (Wildman–Crippen LogP) is 0.193. The molecule has 2 N–H and O–H groups in total. The highest BCUT2D eigenvalue weighted by Gasteiger charge is 2.29. The third-order valence-corrected chi connectivity index (χ3v) is 5.28. The van der Waals surface area contributed by atoms with E-state index in [0.717, 1.165) is 11.8 Å². The van der Waals surface area contributed by atoms with Crippen LogP contribution < -0.4 is 15.6 Å². The van der Waals surface area contributed by atoms with Gasteiger partial charge in [0, 0.05) is 19.0 Å². The van der Waals surface area contributed by atoms with E-state index in [2.05, 4.69) is 10.9 Å². The minimum absolute atomic E-state index is 0.212. The number of ether oxygens (including phenoxy) is 1. The van der Waals surface area contributed by atoms with Gasteiger partial charge in [-0.2, -0.15) is 0 Å². The Morgan fingerprint density at radius 1 is 1.24 bits per heavy atom. The van der Waals surface area contributed by atoms with E-state index in [4.69, 9.17) is 4.74 Å². The van der Waals surface area contributed by atoms with E-state index in [1.165, 1.54) is 4.31 Å². The van der Waals surface area contributed by atoms with Gasteiger partial charge in [0.1, 0.15) is 5.75 Å². The molecule has 0 radical (unpaired) electrons. The highest BCUT2D eigenvalue weighted by atomic mass is 32.2. The van der Waals surface area contributed by atoms with E-state index >= 15 is 0 Å². The van der Waals surface area contributed by atoms with Crippen molar-refractivity contribution in [2.45, 2.75) is 19.8 Å². The number of piperidine rings is 1. The van der Waals surface area contributed by atoms with Crippen molar-refractivity contribution in [3.05, 3.63) is 29.8 Å². The molecule has 0 saturated carbocycles. The van der Waals surface area contributed by atoms with Crippen molar-refractivity contribution >= 4 is 21.8 Å². The first-order valence-electron chi connectivity index (χ1n) is 7.99. The number of hydrogen-bond donors (Lipinski definition) is 2. The number of sulfonamides is 1. The largest absolute Gasteiger partial charge is 0.484 e. The SMILES string of the molecule is Cc1cccc(OCC(=O)NNC(=O)C2CCN(S(C)(=O)=O)CC2)c1. The van der Waals surface area contributed by atoms with Gasteiger partial charge in [0.25, 0.3) is 5.91 Å². The van der Waals surface area contributed by atoms with Crippen molar-refractivity contribution in [3.63, 3.8) is 0 Å². The summed E-state index contributed by atoms with van der Waals surface area (Å²) in [6.45, 7) is 2.32. The fourth-order valence-electron chi connectivity index (χ4n) is 2.57. The van der Waals surface area contributed by atoms with Crippen LogP contribution in [0.4, 0.5) is 0 Å². The van der Waals surface area contributed by atoms with Crippen LogP contribution in [0.25, 0.3) is 0 Å². The summed E-state index contributed by atoms with van der Waals surface area (Å²) < 4.78 is 29.6. The number of carbonyl (C=O) groups excluding carboxylic acids is 2. The number of carbonyl (C=O) groups is 2. The Balaban J connectivity index is 1.70. The summed E-state index contributed by atoms with van der Waals surface area (Å²) in [4.78, 5) is 23.8. The smallest absolute Gasteiger partial charge is 0.276 e. The topological polar surface area (TPSA) is 105 Å². The van der Waals surface area contributed by atoms with Gasteiger partial charge >= 0.3 is 0 Å². The molecular weight excluding hydrogens is 346 g/mol. The number of amides is 2. The van der Waals surface area contributed by atoms with Gasteiger partial charge in [-0.05, 0) is 37.5 Å². The number of hydrazine groups is 1. The third kappa shape index (κ3) is 6.02. The van der Waals surface area contributed by atoms with Crippen LogP contribution >= 0.6 is 0 Å². The van der Waals surface area contributed by atoms with Gasteiger partial charge in [-0.15, -0.1) is 0 Å². The maximum atomic E-state index is 12.0. The number of aryl methyl sites for hydroxylation is 1. The Hall–Kier alpha value is -2.13. The van der Waals surface area contributed by atoms with E-state index in [0.29, 0.717) is 31.7 Å². The summed E-state index contributed by atoms with van der Waals surface area (Å²) in [5.41, 5.74) is 5.70. The molecule has 1 fully saturated rings. The summed E-state index contributed by atoms with van der Waals surface area (Å²) in [7, 11) is -3.22. The van der Waals surface area contributed by atoms with Crippen LogP contribution in [0, 0.1) is 12.8 Å². The summed E-state index contributed by atoms with van der Waals surface area (Å²) in [6.07, 6.45) is 2.00. The van der Waals surface area contributed by atoms with Crippen molar-refractivity contribution in [1.82, 2.24) is 15.2 Å². The maximum absolute atomic E-state index is 12.0. The first-order valence-corrected chi connectivity index (χ1v) is 9.84. The van der Waals surface area contributed by atoms with Crippen LogP contribution in [0.5, 0.6) is 5.75 Å². The zero-order valence-electron chi connectivity index (χ0n) is 14.3. The monoisotopic (exact) mass is 369 g/mol. The molecular formula is C16H23N3O5S. The Labute approximate surface area is 147 Å². The summed E-state index contributed by atoms with van der Waals surface area (Å²) in [5, 5.41) is 0. The molecule has 0 aliphatic carbocycles. The molecule has 0 aromatic heterocycles. The van der Waals surface area contributed by atoms with E-state index in [1.807, 2.05) is 19.1 Å². The highest BCUT2D eigenvalue weighted by Crippen LogP contribution is 2.19. The second kappa shape index (κ2) is 8.30. The fraction of sp³-hybridized carbons (Fsp3) is 0.500. The molecule has 2 rings (SSSR count). The molecule has 1 heterocycles. The minimum Gasteiger partial charge on any atom is -0.484 e.